The van der Waals surface area contributed by atoms with E-state index in [1.165, 1.54) is 22.9 Å². The van der Waals surface area contributed by atoms with E-state index in [9.17, 15) is 0 Å². The molecule has 3 atom stereocenters. The van der Waals surface area contributed by atoms with Crippen LogP contribution in [0.2, 0.25) is 0 Å². The van der Waals surface area contributed by atoms with Gasteiger partial charge in [-0.1, -0.05) is 78.9 Å². The fourth-order valence-electron chi connectivity index (χ4n) is 9.05. The van der Waals surface area contributed by atoms with Crippen LogP contribution in [0.4, 0.5) is 0 Å². The summed E-state index contributed by atoms with van der Waals surface area (Å²) in [6.07, 6.45) is 26.6. The van der Waals surface area contributed by atoms with Crippen LogP contribution in [0.15, 0.2) is 193 Å². The van der Waals surface area contributed by atoms with Crippen LogP contribution in [0.3, 0.4) is 0 Å². The average molecular weight is 745 g/mol. The number of fused-ring (bicyclic) bond motifs is 7. The molecule has 274 valence electrons. The molecule has 0 bridgehead atoms. The maximum Gasteiger partial charge on any atom is 0.0702 e. The van der Waals surface area contributed by atoms with E-state index in [0.717, 1.165) is 77.7 Å². The number of allylic oxidation sites excluding steroid dienone is 6. The average Bonchev–Trinajstić information content (AvgIpc) is 3.97. The number of nitrogens with zero attached hydrogens (tertiary/aromatic N) is 6. The van der Waals surface area contributed by atoms with Crippen molar-refractivity contribution in [2.45, 2.75) is 6.42 Å². The molecule has 6 nitrogen and oxygen atoms in total. The summed E-state index contributed by atoms with van der Waals surface area (Å²) in [5.74, 6) is 1.53. The Morgan fingerprint density at radius 1 is 0.534 bits per heavy atom. The highest BCUT2D eigenvalue weighted by Gasteiger charge is 2.36. The molecule has 0 saturated heterocycles. The van der Waals surface area contributed by atoms with Crippen molar-refractivity contribution in [2.24, 2.45) is 22.7 Å². The summed E-state index contributed by atoms with van der Waals surface area (Å²) < 4.78 is 4.73. The molecule has 0 amide bonds. The van der Waals surface area contributed by atoms with E-state index in [1.807, 2.05) is 43.1 Å². The first-order valence-corrected chi connectivity index (χ1v) is 20.0. The summed E-state index contributed by atoms with van der Waals surface area (Å²) in [5.41, 5.74) is 14.6. The summed E-state index contributed by atoms with van der Waals surface area (Å²) in [4.78, 5) is 18.5. The van der Waals surface area contributed by atoms with Crippen LogP contribution < -0.4 is 0 Å². The number of rotatable bonds is 6. The minimum atomic E-state index is 0.191. The molecule has 1 fully saturated rings. The van der Waals surface area contributed by atoms with Gasteiger partial charge in [-0.25, -0.2) is 0 Å². The van der Waals surface area contributed by atoms with Crippen molar-refractivity contribution in [1.82, 2.24) is 24.1 Å². The van der Waals surface area contributed by atoms with Crippen LogP contribution in [0.25, 0.3) is 82.9 Å². The standard InChI is InChI=1S/C52H36N6/c1-2-21-55-47(12-1)38-9-4-8-35(24-38)37-16-18-50-44(27-37)46-32-54-23-20-52(46)58(50)42-11-5-10-41(29-42)57-49-17-15-36(26-43(49)45-31-53-22-19-51(45)57)33-6-3-7-34(14-13-33)48-28-39-25-40(39)30-56-48/h1-24,26-32,34,39-40H,25H2. The number of hydrogen-bond donors (Lipinski definition) is 0. The van der Waals surface area contributed by atoms with Gasteiger partial charge in [-0.15, -0.1) is 0 Å². The van der Waals surface area contributed by atoms with Crippen molar-refractivity contribution < 1.29 is 0 Å². The van der Waals surface area contributed by atoms with E-state index < -0.39 is 0 Å². The van der Waals surface area contributed by atoms with Gasteiger partial charge >= 0.3 is 0 Å². The lowest BCUT2D eigenvalue weighted by molar-refractivity contribution is 0.883. The molecule has 2 aliphatic carbocycles. The molecule has 6 heterocycles. The van der Waals surface area contributed by atoms with E-state index in [1.54, 1.807) is 0 Å². The van der Waals surface area contributed by atoms with Gasteiger partial charge in [-0.3, -0.25) is 19.9 Å². The van der Waals surface area contributed by atoms with E-state index >= 15 is 0 Å². The molecule has 1 aliphatic heterocycles. The van der Waals surface area contributed by atoms with Gasteiger partial charge in [0.15, 0.2) is 0 Å². The van der Waals surface area contributed by atoms with Gasteiger partial charge < -0.3 is 9.13 Å². The highest BCUT2D eigenvalue weighted by atomic mass is 15.0. The number of aromatic nitrogens is 5. The topological polar surface area (TPSA) is 60.9 Å². The second-order valence-electron chi connectivity index (χ2n) is 15.6. The molecule has 3 unspecified atom stereocenters. The maximum absolute atomic E-state index is 4.79. The van der Waals surface area contributed by atoms with Crippen LogP contribution in [0.5, 0.6) is 0 Å². The van der Waals surface area contributed by atoms with Crippen molar-refractivity contribution in [3.05, 3.63) is 194 Å². The molecule has 0 N–H and O–H groups in total. The Hall–Kier alpha value is -7.44. The summed E-state index contributed by atoms with van der Waals surface area (Å²) in [6.45, 7) is 0. The zero-order valence-corrected chi connectivity index (χ0v) is 31.5. The molecule has 1 saturated carbocycles. The van der Waals surface area contributed by atoms with Crippen molar-refractivity contribution in [3.63, 3.8) is 0 Å². The first-order chi connectivity index (χ1) is 28.7. The third-order valence-corrected chi connectivity index (χ3v) is 12.1. The summed E-state index contributed by atoms with van der Waals surface area (Å²) in [6, 6.07) is 41.3. The Labute approximate surface area is 335 Å². The van der Waals surface area contributed by atoms with Gasteiger partial charge in [0, 0.05) is 93.2 Å². The number of aliphatic imine (C=N–C) groups is 1. The lowest BCUT2D eigenvalue weighted by Gasteiger charge is -2.13. The molecule has 0 radical (unpaired) electrons. The predicted octanol–water partition coefficient (Wildman–Crippen LogP) is 12.1. The zero-order chi connectivity index (χ0) is 38.2. The molecule has 0 spiro atoms. The van der Waals surface area contributed by atoms with Crippen LogP contribution in [-0.4, -0.2) is 30.3 Å². The molecule has 5 aromatic heterocycles. The van der Waals surface area contributed by atoms with Crippen molar-refractivity contribution in [3.8, 4) is 33.8 Å². The molecule has 9 aromatic rings. The third kappa shape index (κ3) is 5.40. The van der Waals surface area contributed by atoms with Gasteiger partial charge in [0.1, 0.15) is 0 Å². The van der Waals surface area contributed by atoms with E-state index in [-0.39, 0.29) is 5.92 Å². The fourth-order valence-corrected chi connectivity index (χ4v) is 9.05. The van der Waals surface area contributed by atoms with Crippen LogP contribution in [0.1, 0.15) is 12.0 Å². The molecule has 6 heteroatoms. The normalized spacial score (nSPS) is 18.4. The maximum atomic E-state index is 4.79. The molecular formula is C52H36N6. The Balaban J connectivity index is 0.941. The van der Waals surface area contributed by atoms with E-state index in [0.29, 0.717) is 11.8 Å². The Kier molecular flexibility index (Phi) is 7.38. The molecule has 12 rings (SSSR count). The van der Waals surface area contributed by atoms with Gasteiger partial charge in [0.2, 0.25) is 0 Å². The smallest absolute Gasteiger partial charge is 0.0702 e. The quantitative estimate of drug-likeness (QED) is 0.170. The number of benzene rings is 4. The lowest BCUT2D eigenvalue weighted by atomic mass is 10.00. The minimum absolute atomic E-state index is 0.191. The SMILES string of the molecule is C1=CC(C2=CC3CC3C=N2)C=CC(c2ccc3c(c2)c2cnccc2n3-c2cccc(-n3c4ccncc4c4cc(-c5cccc(-c6ccccn6)c5)ccc43)c2)=C1. The van der Waals surface area contributed by atoms with Gasteiger partial charge in [0.05, 0.1) is 27.8 Å². The van der Waals surface area contributed by atoms with Gasteiger partial charge in [-0.05, 0) is 107 Å². The van der Waals surface area contributed by atoms with Crippen molar-refractivity contribution in [2.75, 3.05) is 0 Å². The van der Waals surface area contributed by atoms with Crippen molar-refractivity contribution in [1.29, 1.82) is 0 Å². The molecule has 3 aliphatic rings. The van der Waals surface area contributed by atoms with Crippen LogP contribution in [-0.2, 0) is 0 Å². The Bertz CT molecular complexity index is 3280. The van der Waals surface area contributed by atoms with Crippen LogP contribution >= 0.6 is 0 Å². The number of hydrogen-bond acceptors (Lipinski definition) is 4. The lowest BCUT2D eigenvalue weighted by Crippen LogP contribution is -2.00. The number of pyridine rings is 3. The highest BCUT2D eigenvalue weighted by molar-refractivity contribution is 6.11. The Morgan fingerprint density at radius 2 is 1.22 bits per heavy atom. The molecule has 4 aromatic carbocycles. The zero-order valence-electron chi connectivity index (χ0n) is 31.5. The minimum Gasteiger partial charge on any atom is -0.309 e. The first kappa shape index (κ1) is 32.8. The fraction of sp³-hybridized carbons (Fsp3) is 0.0769. The summed E-state index contributed by atoms with van der Waals surface area (Å²) in [7, 11) is 0. The highest BCUT2D eigenvalue weighted by Crippen LogP contribution is 2.43. The predicted molar refractivity (Wildman–Crippen MR) is 237 cm³/mol. The van der Waals surface area contributed by atoms with Crippen molar-refractivity contribution >= 4 is 55.4 Å². The second kappa shape index (κ2) is 13.1. The third-order valence-electron chi connectivity index (χ3n) is 12.1. The van der Waals surface area contributed by atoms with Gasteiger partial charge in [0.25, 0.3) is 0 Å². The summed E-state index contributed by atoms with van der Waals surface area (Å²) >= 11 is 0. The van der Waals surface area contributed by atoms with E-state index in [2.05, 4.69) is 170 Å². The van der Waals surface area contributed by atoms with E-state index in [4.69, 9.17) is 4.99 Å². The van der Waals surface area contributed by atoms with Crippen LogP contribution in [0, 0.1) is 17.8 Å². The summed E-state index contributed by atoms with van der Waals surface area (Å²) in [5, 5.41) is 4.57. The van der Waals surface area contributed by atoms with Gasteiger partial charge in [-0.2, -0.15) is 0 Å². The molecule has 58 heavy (non-hydrogen) atoms. The largest absolute Gasteiger partial charge is 0.309 e. The second-order valence-corrected chi connectivity index (χ2v) is 15.6. The monoisotopic (exact) mass is 744 g/mol. The molecular weight excluding hydrogens is 709 g/mol. The first-order valence-electron chi connectivity index (χ1n) is 20.0. The Morgan fingerprint density at radius 3 is 1.97 bits per heavy atom.